The van der Waals surface area contributed by atoms with Crippen LogP contribution in [0.25, 0.3) is 0 Å². The smallest absolute Gasteiger partial charge is 0.185 e. The second-order valence-electron chi connectivity index (χ2n) is 7.82. The molecule has 0 fully saturated rings. The average molecular weight is 314 g/mol. The van der Waals surface area contributed by atoms with Gasteiger partial charge in [0.25, 0.3) is 0 Å². The number of thiazole rings is 1. The van der Waals surface area contributed by atoms with E-state index in [1.807, 2.05) is 0 Å². The van der Waals surface area contributed by atoms with Crippen LogP contribution in [0.4, 0.5) is 5.13 Å². The summed E-state index contributed by atoms with van der Waals surface area (Å²) < 4.78 is 5.29. The molecule has 1 aromatic heterocycles. The van der Waals surface area contributed by atoms with E-state index < -0.39 is 0 Å². The molecule has 1 aromatic rings. The highest BCUT2D eigenvalue weighted by atomic mass is 32.1. The minimum Gasteiger partial charge on any atom is -0.378 e. The first kappa shape index (κ1) is 18.4. The molecule has 0 unspecified atom stereocenters. The first-order chi connectivity index (χ1) is 9.52. The molecule has 0 spiro atoms. The summed E-state index contributed by atoms with van der Waals surface area (Å²) >= 11 is 1.76. The number of rotatable bonds is 6. The Morgan fingerprint density at radius 3 is 2.29 bits per heavy atom. The van der Waals surface area contributed by atoms with E-state index in [1.54, 1.807) is 18.4 Å². The van der Waals surface area contributed by atoms with Crippen molar-refractivity contribution in [3.63, 3.8) is 0 Å². The van der Waals surface area contributed by atoms with Crippen LogP contribution in [0.5, 0.6) is 0 Å². The van der Waals surface area contributed by atoms with Crippen molar-refractivity contribution in [1.29, 1.82) is 0 Å². The normalized spacial score (nSPS) is 12.8. The van der Waals surface area contributed by atoms with Crippen molar-refractivity contribution in [2.45, 2.75) is 60.2 Å². The van der Waals surface area contributed by atoms with Gasteiger partial charge in [0.15, 0.2) is 5.13 Å². The first-order valence-corrected chi connectivity index (χ1v) is 8.27. The number of hydrogen-bond donors (Lipinski definition) is 1. The Balaban J connectivity index is 2.87. The second kappa shape index (κ2) is 7.07. The molecule has 1 rings (SSSR count). The van der Waals surface area contributed by atoms with Crippen molar-refractivity contribution in [2.75, 3.05) is 25.6 Å². The molecule has 1 heterocycles. The monoisotopic (exact) mass is 313 g/mol. The van der Waals surface area contributed by atoms with E-state index in [2.05, 4.69) is 58.8 Å². The number of nitrogens with one attached hydrogen (secondary N) is 1. The quantitative estimate of drug-likeness (QED) is 0.869. The number of ether oxygens (including phenoxy) is 1. The van der Waals surface area contributed by atoms with Crippen molar-refractivity contribution >= 4 is 16.5 Å². The molecule has 0 atom stereocenters. The topological polar surface area (TPSA) is 37.4 Å². The molecule has 5 heteroatoms. The van der Waals surface area contributed by atoms with Gasteiger partial charge in [0.1, 0.15) is 0 Å². The van der Waals surface area contributed by atoms with Gasteiger partial charge < -0.3 is 15.0 Å². The predicted octanol–water partition coefficient (Wildman–Crippen LogP) is 3.66. The third-order valence-electron chi connectivity index (χ3n) is 2.87. The molecule has 0 aliphatic rings. The molecule has 122 valence electrons. The van der Waals surface area contributed by atoms with Crippen molar-refractivity contribution in [2.24, 2.45) is 5.41 Å². The fourth-order valence-electron chi connectivity index (χ4n) is 2.05. The first-order valence-electron chi connectivity index (χ1n) is 7.45. The Morgan fingerprint density at radius 1 is 1.19 bits per heavy atom. The van der Waals surface area contributed by atoms with Gasteiger partial charge in [-0.15, -0.1) is 11.3 Å². The highest BCUT2D eigenvalue weighted by molar-refractivity contribution is 7.15. The molecular formula is C16H31N3OS. The van der Waals surface area contributed by atoms with Gasteiger partial charge in [-0.25, -0.2) is 4.98 Å². The van der Waals surface area contributed by atoms with E-state index in [0.717, 1.165) is 23.9 Å². The molecule has 0 aliphatic heterocycles. The van der Waals surface area contributed by atoms with Gasteiger partial charge in [0.2, 0.25) is 0 Å². The van der Waals surface area contributed by atoms with Crippen molar-refractivity contribution in [3.8, 4) is 0 Å². The van der Waals surface area contributed by atoms with Gasteiger partial charge in [-0.3, -0.25) is 0 Å². The van der Waals surface area contributed by atoms with Gasteiger partial charge >= 0.3 is 0 Å². The van der Waals surface area contributed by atoms with Crippen LogP contribution in [-0.4, -0.2) is 31.2 Å². The Hall–Kier alpha value is -0.650. The molecule has 4 nitrogen and oxygen atoms in total. The lowest BCUT2D eigenvalue weighted by molar-refractivity contribution is 0.181. The van der Waals surface area contributed by atoms with E-state index in [4.69, 9.17) is 9.72 Å². The summed E-state index contributed by atoms with van der Waals surface area (Å²) in [4.78, 5) is 8.27. The number of hydrogen-bond acceptors (Lipinski definition) is 5. The SMILES string of the molecule is COCc1nc(N(C)CC(C)(C)C)sc1CNC(C)(C)C. The van der Waals surface area contributed by atoms with Crippen LogP contribution in [0.3, 0.4) is 0 Å². The summed E-state index contributed by atoms with van der Waals surface area (Å²) in [6, 6.07) is 0. The van der Waals surface area contributed by atoms with Crippen molar-refractivity contribution < 1.29 is 4.74 Å². The van der Waals surface area contributed by atoms with E-state index in [0.29, 0.717) is 6.61 Å². The molecule has 0 aliphatic carbocycles. The molecule has 0 saturated heterocycles. The number of nitrogens with zero attached hydrogens (tertiary/aromatic N) is 2. The van der Waals surface area contributed by atoms with E-state index in [9.17, 15) is 0 Å². The zero-order valence-electron chi connectivity index (χ0n) is 14.8. The minimum absolute atomic E-state index is 0.103. The molecule has 21 heavy (non-hydrogen) atoms. The maximum absolute atomic E-state index is 5.29. The van der Waals surface area contributed by atoms with Gasteiger partial charge in [-0.1, -0.05) is 20.8 Å². The third kappa shape index (κ3) is 6.76. The average Bonchev–Trinajstić information content (AvgIpc) is 2.67. The molecule has 0 bridgehead atoms. The van der Waals surface area contributed by atoms with Gasteiger partial charge in [0, 0.05) is 37.7 Å². The van der Waals surface area contributed by atoms with Gasteiger partial charge in [-0.05, 0) is 26.2 Å². The Morgan fingerprint density at radius 2 is 1.81 bits per heavy atom. The van der Waals surface area contributed by atoms with Crippen LogP contribution in [0, 0.1) is 5.41 Å². The largest absolute Gasteiger partial charge is 0.378 e. The summed E-state index contributed by atoms with van der Waals surface area (Å²) in [6.45, 7) is 15.7. The minimum atomic E-state index is 0.103. The summed E-state index contributed by atoms with van der Waals surface area (Å²) in [5, 5.41) is 4.61. The Labute approximate surface area is 133 Å². The number of aromatic nitrogens is 1. The fraction of sp³-hybridized carbons (Fsp3) is 0.812. The van der Waals surface area contributed by atoms with Crippen LogP contribution in [0.2, 0.25) is 0 Å². The van der Waals surface area contributed by atoms with Crippen LogP contribution >= 0.6 is 11.3 Å². The van der Waals surface area contributed by atoms with Crippen LogP contribution < -0.4 is 10.2 Å². The highest BCUT2D eigenvalue weighted by Crippen LogP contribution is 2.28. The molecule has 0 aromatic carbocycles. The van der Waals surface area contributed by atoms with Gasteiger partial charge in [0.05, 0.1) is 12.3 Å². The summed E-state index contributed by atoms with van der Waals surface area (Å²) in [6.07, 6.45) is 0. The van der Waals surface area contributed by atoms with E-state index >= 15 is 0 Å². The summed E-state index contributed by atoms with van der Waals surface area (Å²) in [5.74, 6) is 0. The summed E-state index contributed by atoms with van der Waals surface area (Å²) in [7, 11) is 3.83. The van der Waals surface area contributed by atoms with E-state index in [1.165, 1.54) is 4.88 Å². The number of methoxy groups -OCH3 is 1. The lowest BCUT2D eigenvalue weighted by atomic mass is 9.96. The zero-order valence-corrected chi connectivity index (χ0v) is 15.6. The lowest BCUT2D eigenvalue weighted by Gasteiger charge is -2.26. The van der Waals surface area contributed by atoms with Crippen molar-refractivity contribution in [3.05, 3.63) is 10.6 Å². The maximum atomic E-state index is 5.29. The Kier molecular flexibility index (Phi) is 6.20. The fourth-order valence-corrected chi connectivity index (χ4v) is 3.01. The standard InChI is InChI=1S/C16H31N3OS/c1-15(2,3)11-19(7)14-18-12(10-20-8)13(21-14)9-17-16(4,5)6/h17H,9-11H2,1-8H3. The third-order valence-corrected chi connectivity index (χ3v) is 4.08. The highest BCUT2D eigenvalue weighted by Gasteiger charge is 2.19. The van der Waals surface area contributed by atoms with Crippen LogP contribution in [0.15, 0.2) is 0 Å². The lowest BCUT2D eigenvalue weighted by Crippen LogP contribution is -2.35. The maximum Gasteiger partial charge on any atom is 0.185 e. The van der Waals surface area contributed by atoms with Crippen molar-refractivity contribution in [1.82, 2.24) is 10.3 Å². The molecule has 1 N–H and O–H groups in total. The Bertz CT molecular complexity index is 443. The molecule has 0 amide bonds. The summed E-state index contributed by atoms with van der Waals surface area (Å²) in [5.41, 5.74) is 1.41. The van der Waals surface area contributed by atoms with E-state index in [-0.39, 0.29) is 11.0 Å². The van der Waals surface area contributed by atoms with Crippen LogP contribution in [-0.2, 0) is 17.9 Å². The molecule has 0 saturated carbocycles. The van der Waals surface area contributed by atoms with Gasteiger partial charge in [-0.2, -0.15) is 0 Å². The predicted molar refractivity (Wildman–Crippen MR) is 92.1 cm³/mol. The molecular weight excluding hydrogens is 282 g/mol. The molecule has 0 radical (unpaired) electrons. The second-order valence-corrected chi connectivity index (χ2v) is 8.88. The number of anilines is 1. The zero-order chi connectivity index (χ0) is 16.3. The van der Waals surface area contributed by atoms with Crippen LogP contribution in [0.1, 0.15) is 52.1 Å².